The Kier molecular flexibility index (Phi) is 5.68. The number of benzene rings is 1. The van der Waals surface area contributed by atoms with E-state index in [9.17, 15) is 14.7 Å². The number of aromatic nitrogens is 1. The quantitative estimate of drug-likeness (QED) is 0.764. The van der Waals surface area contributed by atoms with Gasteiger partial charge in [0.05, 0.1) is 12.5 Å². The van der Waals surface area contributed by atoms with Crippen LogP contribution in [-0.4, -0.2) is 29.1 Å². The number of hydrogen-bond donors (Lipinski definition) is 2. The average molecular weight is 382 g/mol. The minimum absolute atomic E-state index is 0.290. The molecule has 148 valence electrons. The molecule has 0 spiro atoms. The maximum Gasteiger partial charge on any atom is 0.313 e. The fourth-order valence-corrected chi connectivity index (χ4v) is 3.40. The van der Waals surface area contributed by atoms with Gasteiger partial charge in [0.25, 0.3) is 5.91 Å². The van der Waals surface area contributed by atoms with Crippen molar-refractivity contribution in [1.29, 1.82) is 0 Å². The number of ether oxygens (including phenoxy) is 1. The van der Waals surface area contributed by atoms with E-state index < -0.39 is 11.4 Å². The van der Waals surface area contributed by atoms with Gasteiger partial charge in [-0.2, -0.15) is 0 Å². The molecule has 0 radical (unpaired) electrons. The van der Waals surface area contributed by atoms with E-state index in [1.807, 2.05) is 6.07 Å². The summed E-state index contributed by atoms with van der Waals surface area (Å²) < 4.78 is 5.36. The molecule has 1 heterocycles. The molecule has 0 bridgehead atoms. The van der Waals surface area contributed by atoms with Crippen molar-refractivity contribution in [2.75, 3.05) is 12.4 Å². The topological polar surface area (TPSA) is 88.5 Å². The van der Waals surface area contributed by atoms with Gasteiger partial charge in [-0.15, -0.1) is 0 Å². The molecule has 0 saturated heterocycles. The molecule has 1 amide bonds. The zero-order valence-corrected chi connectivity index (χ0v) is 16.5. The summed E-state index contributed by atoms with van der Waals surface area (Å²) in [5.74, 6) is -0.853. The maximum absolute atomic E-state index is 12.8. The van der Waals surface area contributed by atoms with Crippen LogP contribution in [-0.2, 0) is 23.1 Å². The summed E-state index contributed by atoms with van der Waals surface area (Å²) in [7, 11) is 1.52. The molecule has 6 heteroatoms. The minimum atomic E-state index is -0.993. The van der Waals surface area contributed by atoms with Crippen LogP contribution in [0, 0.1) is 0 Å². The number of anilines is 1. The highest BCUT2D eigenvalue weighted by molar-refractivity contribution is 6.06. The molecule has 0 unspecified atom stereocenters. The van der Waals surface area contributed by atoms with Gasteiger partial charge in [0.15, 0.2) is 0 Å². The number of aliphatic carboxylic acids is 1. The minimum Gasteiger partial charge on any atom is -0.481 e. The van der Waals surface area contributed by atoms with E-state index in [2.05, 4.69) is 10.3 Å². The van der Waals surface area contributed by atoms with Gasteiger partial charge >= 0.3 is 5.97 Å². The maximum atomic E-state index is 12.8. The van der Waals surface area contributed by atoms with Crippen LogP contribution in [0.2, 0.25) is 0 Å². The molecule has 0 fully saturated rings. The molecule has 0 aliphatic heterocycles. The number of pyridine rings is 1. The molecule has 0 atom stereocenters. The predicted molar refractivity (Wildman–Crippen MR) is 107 cm³/mol. The predicted octanol–water partition coefficient (Wildman–Crippen LogP) is 3.97. The fourth-order valence-electron chi connectivity index (χ4n) is 3.40. The number of fused-ring (bicyclic) bond motifs is 1. The van der Waals surface area contributed by atoms with E-state index in [1.165, 1.54) is 13.5 Å². The Bertz CT molecular complexity index is 888. The van der Waals surface area contributed by atoms with Gasteiger partial charge in [-0.25, -0.2) is 4.98 Å². The first kappa shape index (κ1) is 19.9. The van der Waals surface area contributed by atoms with E-state index in [0.717, 1.165) is 36.9 Å². The van der Waals surface area contributed by atoms with Gasteiger partial charge in [0, 0.05) is 11.4 Å². The highest BCUT2D eigenvalue weighted by atomic mass is 16.5. The van der Waals surface area contributed by atoms with Crippen LogP contribution in [0.25, 0.3) is 0 Å². The summed E-state index contributed by atoms with van der Waals surface area (Å²) in [6.45, 7) is 3.30. The third-order valence-electron chi connectivity index (χ3n) is 5.35. The number of carbonyl (C=O) groups excluding carboxylic acids is 1. The van der Waals surface area contributed by atoms with Crippen LogP contribution in [0.1, 0.15) is 60.3 Å². The second kappa shape index (κ2) is 8.00. The first-order chi connectivity index (χ1) is 13.3. The van der Waals surface area contributed by atoms with Gasteiger partial charge in [0.2, 0.25) is 5.88 Å². The number of nitrogens with one attached hydrogen (secondary N) is 1. The van der Waals surface area contributed by atoms with E-state index in [-0.39, 0.29) is 5.91 Å². The highest BCUT2D eigenvalue weighted by Crippen LogP contribution is 2.27. The molecule has 1 aliphatic carbocycles. The van der Waals surface area contributed by atoms with E-state index >= 15 is 0 Å². The smallest absolute Gasteiger partial charge is 0.313 e. The van der Waals surface area contributed by atoms with Crippen molar-refractivity contribution in [3.8, 4) is 5.88 Å². The zero-order chi connectivity index (χ0) is 20.3. The lowest BCUT2D eigenvalue weighted by Gasteiger charge is -2.20. The Morgan fingerprint density at radius 1 is 1.11 bits per heavy atom. The normalized spacial score (nSPS) is 14.0. The van der Waals surface area contributed by atoms with Gasteiger partial charge in [-0.1, -0.05) is 18.6 Å². The number of carboxylic acids is 1. The van der Waals surface area contributed by atoms with Crippen molar-refractivity contribution in [3.05, 3.63) is 52.7 Å². The van der Waals surface area contributed by atoms with Crippen LogP contribution < -0.4 is 10.1 Å². The summed E-state index contributed by atoms with van der Waals surface area (Å²) in [6, 6.07) is 8.75. The average Bonchev–Trinajstić information content (AvgIpc) is 2.91. The highest BCUT2D eigenvalue weighted by Gasteiger charge is 2.29. The number of aryl methyl sites for hydroxylation is 2. The lowest BCUT2D eigenvalue weighted by atomic mass is 9.85. The van der Waals surface area contributed by atoms with Crippen molar-refractivity contribution >= 4 is 17.6 Å². The van der Waals surface area contributed by atoms with Crippen molar-refractivity contribution in [1.82, 2.24) is 4.98 Å². The molecular formula is C22H26N2O4. The van der Waals surface area contributed by atoms with E-state index in [1.54, 1.807) is 38.1 Å². The number of methoxy groups -OCH3 is 1. The first-order valence-corrected chi connectivity index (χ1v) is 9.55. The molecule has 1 aliphatic rings. The Labute approximate surface area is 164 Å². The summed E-state index contributed by atoms with van der Waals surface area (Å²) in [4.78, 5) is 28.8. The number of nitrogens with zero attached hydrogens (tertiary/aromatic N) is 1. The lowest BCUT2D eigenvalue weighted by molar-refractivity contribution is -0.142. The Morgan fingerprint density at radius 2 is 1.79 bits per heavy atom. The standard InChI is InChI=1S/C22H26N2O4/c1-22(2,21(26)27)15-9-11-16(12-10-15)23-19(25)17-13-14-7-5-4-6-8-18(14)24-20(17)28-3/h9-13H,4-8H2,1-3H3,(H,23,25)(H,26,27). The third kappa shape index (κ3) is 4.01. The Morgan fingerprint density at radius 3 is 2.43 bits per heavy atom. The number of amides is 1. The molecule has 2 N–H and O–H groups in total. The van der Waals surface area contributed by atoms with Crippen molar-refractivity contribution in [3.63, 3.8) is 0 Å². The van der Waals surface area contributed by atoms with Crippen molar-refractivity contribution in [2.24, 2.45) is 0 Å². The number of rotatable bonds is 5. The fraction of sp³-hybridized carbons (Fsp3) is 0.409. The monoisotopic (exact) mass is 382 g/mol. The third-order valence-corrected chi connectivity index (χ3v) is 5.35. The molecule has 6 nitrogen and oxygen atoms in total. The van der Waals surface area contributed by atoms with Crippen LogP contribution in [0.15, 0.2) is 30.3 Å². The van der Waals surface area contributed by atoms with E-state index in [0.29, 0.717) is 22.7 Å². The first-order valence-electron chi connectivity index (χ1n) is 9.55. The van der Waals surface area contributed by atoms with Crippen LogP contribution in [0.3, 0.4) is 0 Å². The molecular weight excluding hydrogens is 356 g/mol. The number of hydrogen-bond acceptors (Lipinski definition) is 4. The SMILES string of the molecule is COc1nc2c(cc1C(=O)Nc1ccc(C(C)(C)C(=O)O)cc1)CCCCC2. The molecule has 1 aromatic heterocycles. The van der Waals surface area contributed by atoms with Gasteiger partial charge in [-0.3, -0.25) is 9.59 Å². The molecule has 3 rings (SSSR count). The van der Waals surface area contributed by atoms with Gasteiger partial charge in [-0.05, 0) is 68.9 Å². The summed E-state index contributed by atoms with van der Waals surface area (Å²) >= 11 is 0. The summed E-state index contributed by atoms with van der Waals surface area (Å²) in [5.41, 5.74) is 2.81. The number of carboxylic acid groups (broad SMARTS) is 1. The van der Waals surface area contributed by atoms with Gasteiger partial charge in [0.1, 0.15) is 5.56 Å². The lowest BCUT2D eigenvalue weighted by Crippen LogP contribution is -2.28. The van der Waals surface area contributed by atoms with Gasteiger partial charge < -0.3 is 15.2 Å². The largest absolute Gasteiger partial charge is 0.481 e. The van der Waals surface area contributed by atoms with Crippen LogP contribution in [0.4, 0.5) is 5.69 Å². The number of carbonyl (C=O) groups is 2. The second-order valence-electron chi connectivity index (χ2n) is 7.67. The Hall–Kier alpha value is -2.89. The van der Waals surface area contributed by atoms with Crippen molar-refractivity contribution < 1.29 is 19.4 Å². The van der Waals surface area contributed by atoms with E-state index in [4.69, 9.17) is 4.74 Å². The Balaban J connectivity index is 1.83. The zero-order valence-electron chi connectivity index (χ0n) is 16.5. The molecule has 2 aromatic rings. The summed E-state index contributed by atoms with van der Waals surface area (Å²) in [6.07, 6.45) is 5.20. The van der Waals surface area contributed by atoms with Crippen LogP contribution in [0.5, 0.6) is 5.88 Å². The molecule has 28 heavy (non-hydrogen) atoms. The summed E-state index contributed by atoms with van der Waals surface area (Å²) in [5, 5.41) is 12.2. The molecule has 0 saturated carbocycles. The second-order valence-corrected chi connectivity index (χ2v) is 7.67. The van der Waals surface area contributed by atoms with Crippen molar-refractivity contribution in [2.45, 2.75) is 51.4 Å². The molecule has 1 aromatic carbocycles. The van der Waals surface area contributed by atoms with Crippen LogP contribution >= 0.6 is 0 Å².